The van der Waals surface area contributed by atoms with Crippen molar-refractivity contribution in [2.75, 3.05) is 0 Å². The molecule has 0 bridgehead atoms. The zero-order valence-electron chi connectivity index (χ0n) is 11.9. The summed E-state index contributed by atoms with van der Waals surface area (Å²) in [4.78, 5) is 9.52. The lowest BCUT2D eigenvalue weighted by atomic mass is 10.1. The van der Waals surface area contributed by atoms with Crippen LogP contribution in [0.4, 0.5) is 0 Å². The van der Waals surface area contributed by atoms with Gasteiger partial charge in [-0.2, -0.15) is 0 Å². The number of nitrogens with one attached hydrogen (secondary N) is 1. The minimum Gasteiger partial charge on any atom is -0.354 e. The first kappa shape index (κ1) is 12.4. The van der Waals surface area contributed by atoms with Gasteiger partial charge in [0.1, 0.15) is 0 Å². The van der Waals surface area contributed by atoms with Crippen LogP contribution in [0, 0.1) is 6.92 Å². The van der Waals surface area contributed by atoms with E-state index in [0.717, 1.165) is 10.5 Å². The number of rotatable bonds is 1. The summed E-state index contributed by atoms with van der Waals surface area (Å²) in [5.74, 6) is 0. The predicted molar refractivity (Wildman–Crippen MR) is 97.0 cm³/mol. The smallest absolute Gasteiger partial charge is 0.0929 e. The zero-order chi connectivity index (χ0) is 14.7. The van der Waals surface area contributed by atoms with Crippen molar-refractivity contribution in [2.24, 2.45) is 0 Å². The van der Waals surface area contributed by atoms with Gasteiger partial charge in [0.25, 0.3) is 0 Å². The van der Waals surface area contributed by atoms with Crippen molar-refractivity contribution in [1.29, 1.82) is 0 Å². The topological polar surface area (TPSA) is 28.7 Å². The van der Waals surface area contributed by atoms with E-state index in [-0.39, 0.29) is 0 Å². The Morgan fingerprint density at radius 2 is 1.86 bits per heavy atom. The number of benzene rings is 2. The third-order valence-corrected chi connectivity index (χ3v) is 6.18. The molecular formula is C18H12N2S2. The molecule has 0 aliphatic carbocycles. The molecule has 2 nitrogen and oxygen atoms in total. The number of nitrogens with zero attached hydrogens (tertiary/aromatic N) is 1. The van der Waals surface area contributed by atoms with Crippen LogP contribution in [0.3, 0.4) is 0 Å². The molecule has 0 unspecified atom stereocenters. The van der Waals surface area contributed by atoms with Crippen molar-refractivity contribution in [3.63, 3.8) is 0 Å². The third-order valence-electron chi connectivity index (χ3n) is 4.04. The summed E-state index contributed by atoms with van der Waals surface area (Å²) in [5, 5.41) is 5.86. The highest BCUT2D eigenvalue weighted by atomic mass is 32.1. The highest BCUT2D eigenvalue weighted by Crippen LogP contribution is 2.42. The minimum absolute atomic E-state index is 1.12. The van der Waals surface area contributed by atoms with Crippen LogP contribution in [-0.2, 0) is 0 Å². The Morgan fingerprint density at radius 1 is 1.00 bits per heavy atom. The Kier molecular flexibility index (Phi) is 2.48. The van der Waals surface area contributed by atoms with Crippen molar-refractivity contribution in [3.05, 3.63) is 52.9 Å². The molecule has 1 N–H and O–H groups in total. The summed E-state index contributed by atoms with van der Waals surface area (Å²) in [7, 11) is 0. The van der Waals surface area contributed by atoms with Crippen LogP contribution in [0.25, 0.3) is 42.5 Å². The van der Waals surface area contributed by atoms with Gasteiger partial charge in [0.15, 0.2) is 0 Å². The van der Waals surface area contributed by atoms with E-state index in [0.29, 0.717) is 0 Å². The highest BCUT2D eigenvalue weighted by molar-refractivity contribution is 7.25. The molecule has 0 aliphatic heterocycles. The normalized spacial score (nSPS) is 11.9. The Bertz CT molecular complexity index is 1140. The lowest BCUT2D eigenvalue weighted by Crippen LogP contribution is -1.76. The Labute approximate surface area is 135 Å². The van der Waals surface area contributed by atoms with E-state index < -0.39 is 0 Å². The average Bonchev–Trinajstić information content (AvgIpc) is 3.18. The standard InChI is InChI=1S/C18H12N2S2/c1-10-19-15-9-21-17(18(15)22-10)13-7-4-6-12-11-5-2-3-8-14(11)20-16(12)13/h2-9,20H,1H3. The fraction of sp³-hybridized carbons (Fsp3) is 0.0556. The molecule has 4 heteroatoms. The van der Waals surface area contributed by atoms with E-state index in [1.54, 1.807) is 22.7 Å². The summed E-state index contributed by atoms with van der Waals surface area (Å²) in [6.07, 6.45) is 0. The van der Waals surface area contributed by atoms with E-state index in [9.17, 15) is 0 Å². The molecule has 106 valence electrons. The largest absolute Gasteiger partial charge is 0.354 e. The Balaban J connectivity index is 1.91. The van der Waals surface area contributed by atoms with E-state index in [4.69, 9.17) is 0 Å². The van der Waals surface area contributed by atoms with Crippen LogP contribution in [0.15, 0.2) is 47.8 Å². The van der Waals surface area contributed by atoms with Gasteiger partial charge in [-0.1, -0.05) is 36.4 Å². The molecule has 0 fully saturated rings. The van der Waals surface area contributed by atoms with Crippen molar-refractivity contribution >= 4 is 54.7 Å². The molecule has 0 amide bonds. The SMILES string of the molecule is Cc1nc2csc(-c3cccc4c3[nH]c3ccccc34)c2s1. The number of hydrogen-bond donors (Lipinski definition) is 1. The molecule has 2 aromatic carbocycles. The number of H-pyrrole nitrogens is 1. The second-order valence-electron chi connectivity index (χ2n) is 5.41. The van der Waals surface area contributed by atoms with Crippen LogP contribution in [-0.4, -0.2) is 9.97 Å². The molecular weight excluding hydrogens is 308 g/mol. The molecule has 0 saturated heterocycles. The first-order valence-corrected chi connectivity index (χ1v) is 8.85. The second kappa shape index (κ2) is 4.41. The van der Waals surface area contributed by atoms with E-state index >= 15 is 0 Å². The maximum absolute atomic E-state index is 4.60. The van der Waals surface area contributed by atoms with E-state index in [2.05, 4.69) is 64.7 Å². The van der Waals surface area contributed by atoms with Gasteiger partial charge >= 0.3 is 0 Å². The fourth-order valence-electron chi connectivity index (χ4n) is 3.10. The molecule has 0 saturated carbocycles. The van der Waals surface area contributed by atoms with Crippen molar-refractivity contribution in [1.82, 2.24) is 9.97 Å². The summed E-state index contributed by atoms with van der Waals surface area (Å²) in [6, 6.07) is 15.0. The van der Waals surface area contributed by atoms with E-state index in [1.807, 2.05) is 0 Å². The van der Waals surface area contributed by atoms with Gasteiger partial charge in [0.05, 0.1) is 25.6 Å². The van der Waals surface area contributed by atoms with Crippen LogP contribution >= 0.6 is 22.7 Å². The fourth-order valence-corrected chi connectivity index (χ4v) is 5.21. The van der Waals surface area contributed by atoms with Crippen molar-refractivity contribution < 1.29 is 0 Å². The van der Waals surface area contributed by atoms with Crippen LogP contribution in [0.1, 0.15) is 5.01 Å². The molecule has 5 rings (SSSR count). The summed E-state index contributed by atoms with van der Waals surface area (Å²) < 4.78 is 1.30. The van der Waals surface area contributed by atoms with Crippen molar-refractivity contribution in [3.8, 4) is 10.4 Å². The minimum atomic E-state index is 1.12. The lowest BCUT2D eigenvalue weighted by molar-refractivity contribution is 1.35. The van der Waals surface area contributed by atoms with E-state index in [1.165, 1.54) is 36.9 Å². The molecule has 5 aromatic rings. The number of aryl methyl sites for hydroxylation is 1. The molecule has 0 radical (unpaired) electrons. The number of hydrogen-bond acceptors (Lipinski definition) is 3. The van der Waals surface area contributed by atoms with Gasteiger partial charge in [0, 0.05) is 27.2 Å². The van der Waals surface area contributed by atoms with Gasteiger partial charge < -0.3 is 4.98 Å². The van der Waals surface area contributed by atoms with Crippen LogP contribution in [0.5, 0.6) is 0 Å². The van der Waals surface area contributed by atoms with Gasteiger partial charge in [-0.25, -0.2) is 4.98 Å². The number of thiazole rings is 1. The van der Waals surface area contributed by atoms with Gasteiger partial charge in [-0.3, -0.25) is 0 Å². The number of thiophene rings is 1. The predicted octanol–water partition coefficient (Wildman–Crippen LogP) is 5.97. The molecule has 0 atom stereocenters. The highest BCUT2D eigenvalue weighted by Gasteiger charge is 2.15. The summed E-state index contributed by atoms with van der Waals surface area (Å²) in [5.41, 5.74) is 4.81. The lowest BCUT2D eigenvalue weighted by Gasteiger charge is -2.00. The first-order valence-electron chi connectivity index (χ1n) is 7.16. The molecule has 0 aliphatic rings. The molecule has 0 spiro atoms. The molecule has 3 aromatic heterocycles. The summed E-state index contributed by atoms with van der Waals surface area (Å²) in [6.45, 7) is 2.07. The quantitative estimate of drug-likeness (QED) is 0.405. The maximum atomic E-state index is 4.60. The number of aromatic nitrogens is 2. The monoisotopic (exact) mass is 320 g/mol. The molecule has 3 heterocycles. The average molecular weight is 320 g/mol. The maximum Gasteiger partial charge on any atom is 0.0929 e. The van der Waals surface area contributed by atoms with Crippen LogP contribution in [0.2, 0.25) is 0 Å². The van der Waals surface area contributed by atoms with Gasteiger partial charge in [0.2, 0.25) is 0 Å². The second-order valence-corrected chi connectivity index (χ2v) is 7.49. The first-order chi connectivity index (χ1) is 10.8. The number of para-hydroxylation sites is 2. The van der Waals surface area contributed by atoms with Crippen molar-refractivity contribution in [2.45, 2.75) is 6.92 Å². The Hall–Kier alpha value is -2.17. The van der Waals surface area contributed by atoms with Gasteiger partial charge in [-0.05, 0) is 13.0 Å². The molecule has 22 heavy (non-hydrogen) atoms. The number of fused-ring (bicyclic) bond motifs is 4. The van der Waals surface area contributed by atoms with Gasteiger partial charge in [-0.15, -0.1) is 22.7 Å². The third kappa shape index (κ3) is 1.62. The Morgan fingerprint density at radius 3 is 2.82 bits per heavy atom. The summed E-state index contributed by atoms with van der Waals surface area (Å²) >= 11 is 3.57. The number of aromatic amines is 1. The van der Waals surface area contributed by atoms with Crippen LogP contribution < -0.4 is 0 Å². The zero-order valence-corrected chi connectivity index (χ0v) is 13.5.